The molecule has 0 unspecified atom stereocenters. The molecule has 2 aromatic carbocycles. The second kappa shape index (κ2) is 9.56. The summed E-state index contributed by atoms with van der Waals surface area (Å²) < 4.78 is 0. The first kappa shape index (κ1) is 20.9. The minimum absolute atomic E-state index is 0.462. The Hall–Kier alpha value is -2.86. The van der Waals surface area contributed by atoms with Gasteiger partial charge in [-0.3, -0.25) is 14.5 Å². The van der Waals surface area contributed by atoms with Crippen molar-refractivity contribution >= 4 is 23.2 Å². The number of benzene rings is 2. The molecule has 0 aliphatic carbocycles. The van der Waals surface area contributed by atoms with Crippen LogP contribution in [-0.4, -0.2) is 56.0 Å². The standard InChI is InChI=1S/C23H30N4O2/c1-17-15-18(2)21(19(3)16-17)25-23(29)22(28)24-9-10-26-11-13-27(14-12-26)20-7-5-4-6-8-20/h4-8,15-16H,9-14H2,1-3H3,(H,24,28)(H,25,29). The molecule has 0 bridgehead atoms. The Kier molecular flexibility index (Phi) is 6.88. The third-order valence-electron chi connectivity index (χ3n) is 5.33. The van der Waals surface area contributed by atoms with Gasteiger partial charge in [0.25, 0.3) is 0 Å². The molecule has 154 valence electrons. The smallest absolute Gasteiger partial charge is 0.313 e. The van der Waals surface area contributed by atoms with Crippen LogP contribution in [0.5, 0.6) is 0 Å². The molecule has 1 fully saturated rings. The van der Waals surface area contributed by atoms with E-state index in [0.717, 1.165) is 49.4 Å². The van der Waals surface area contributed by atoms with E-state index in [1.807, 2.05) is 39.0 Å². The monoisotopic (exact) mass is 394 g/mol. The van der Waals surface area contributed by atoms with Crippen molar-refractivity contribution in [2.24, 2.45) is 0 Å². The summed E-state index contributed by atoms with van der Waals surface area (Å²) in [5.74, 6) is -1.21. The molecule has 1 aliphatic heterocycles. The van der Waals surface area contributed by atoms with Crippen LogP contribution in [0.25, 0.3) is 0 Å². The quantitative estimate of drug-likeness (QED) is 0.765. The van der Waals surface area contributed by atoms with E-state index >= 15 is 0 Å². The molecule has 1 heterocycles. The fraction of sp³-hybridized carbons (Fsp3) is 0.391. The van der Waals surface area contributed by atoms with Gasteiger partial charge in [-0.1, -0.05) is 35.9 Å². The number of anilines is 2. The number of rotatable bonds is 5. The average molecular weight is 395 g/mol. The summed E-state index contributed by atoms with van der Waals surface area (Å²) in [6.45, 7) is 10.9. The Morgan fingerprint density at radius 1 is 0.897 bits per heavy atom. The van der Waals surface area contributed by atoms with Crippen LogP contribution >= 0.6 is 0 Å². The minimum Gasteiger partial charge on any atom is -0.369 e. The molecule has 3 rings (SSSR count). The fourth-order valence-electron chi connectivity index (χ4n) is 3.82. The van der Waals surface area contributed by atoms with Crippen LogP contribution in [-0.2, 0) is 9.59 Å². The van der Waals surface area contributed by atoms with Crippen molar-refractivity contribution in [3.05, 3.63) is 59.2 Å². The van der Waals surface area contributed by atoms with E-state index in [1.54, 1.807) is 0 Å². The summed E-state index contributed by atoms with van der Waals surface area (Å²) in [5, 5.41) is 5.48. The summed E-state index contributed by atoms with van der Waals surface area (Å²) >= 11 is 0. The highest BCUT2D eigenvalue weighted by atomic mass is 16.2. The van der Waals surface area contributed by atoms with Gasteiger partial charge in [0.15, 0.2) is 0 Å². The lowest BCUT2D eigenvalue weighted by molar-refractivity contribution is -0.136. The van der Waals surface area contributed by atoms with E-state index in [0.29, 0.717) is 12.2 Å². The lowest BCUT2D eigenvalue weighted by Gasteiger charge is -2.36. The molecule has 2 amide bonds. The van der Waals surface area contributed by atoms with Crippen molar-refractivity contribution in [1.82, 2.24) is 10.2 Å². The largest absolute Gasteiger partial charge is 0.369 e. The van der Waals surface area contributed by atoms with Gasteiger partial charge in [0.2, 0.25) is 0 Å². The molecule has 0 aromatic heterocycles. The first-order chi connectivity index (χ1) is 13.9. The van der Waals surface area contributed by atoms with Crippen LogP contribution in [0.2, 0.25) is 0 Å². The van der Waals surface area contributed by atoms with E-state index in [9.17, 15) is 9.59 Å². The zero-order valence-electron chi connectivity index (χ0n) is 17.5. The van der Waals surface area contributed by atoms with Crippen molar-refractivity contribution in [2.45, 2.75) is 20.8 Å². The third kappa shape index (κ3) is 5.57. The van der Waals surface area contributed by atoms with E-state index < -0.39 is 11.8 Å². The summed E-state index contributed by atoms with van der Waals surface area (Å²) in [6, 6.07) is 14.4. The van der Waals surface area contributed by atoms with Gasteiger partial charge in [0, 0.05) is 50.6 Å². The third-order valence-corrected chi connectivity index (χ3v) is 5.33. The molecule has 0 spiro atoms. The predicted octanol–water partition coefficient (Wildman–Crippen LogP) is 2.49. The van der Waals surface area contributed by atoms with E-state index in [4.69, 9.17) is 0 Å². The highest BCUT2D eigenvalue weighted by Gasteiger charge is 2.19. The predicted molar refractivity (Wildman–Crippen MR) is 117 cm³/mol. The van der Waals surface area contributed by atoms with E-state index in [2.05, 4.69) is 44.7 Å². The molecule has 2 N–H and O–H groups in total. The zero-order valence-corrected chi connectivity index (χ0v) is 17.5. The second-order valence-corrected chi connectivity index (χ2v) is 7.65. The van der Waals surface area contributed by atoms with Crippen molar-refractivity contribution in [1.29, 1.82) is 0 Å². The van der Waals surface area contributed by atoms with Gasteiger partial charge in [0.1, 0.15) is 0 Å². The summed E-state index contributed by atoms with van der Waals surface area (Å²) in [6.07, 6.45) is 0. The number of hydrogen-bond acceptors (Lipinski definition) is 4. The fourth-order valence-corrected chi connectivity index (χ4v) is 3.82. The molecule has 1 saturated heterocycles. The molecule has 2 aromatic rings. The van der Waals surface area contributed by atoms with Gasteiger partial charge in [-0.15, -0.1) is 0 Å². The number of para-hydroxylation sites is 1. The zero-order chi connectivity index (χ0) is 20.8. The van der Waals surface area contributed by atoms with Crippen LogP contribution in [0, 0.1) is 20.8 Å². The highest BCUT2D eigenvalue weighted by Crippen LogP contribution is 2.21. The molecule has 0 saturated carbocycles. The molecule has 0 radical (unpaired) electrons. The Bertz CT molecular complexity index is 835. The summed E-state index contributed by atoms with van der Waals surface area (Å²) in [5.41, 5.74) is 5.02. The molecule has 6 heteroatoms. The molecule has 1 aliphatic rings. The molecule has 29 heavy (non-hydrogen) atoms. The molecular weight excluding hydrogens is 364 g/mol. The lowest BCUT2D eigenvalue weighted by Crippen LogP contribution is -2.49. The number of hydrogen-bond donors (Lipinski definition) is 2. The average Bonchev–Trinajstić information content (AvgIpc) is 2.71. The summed E-state index contributed by atoms with van der Waals surface area (Å²) in [4.78, 5) is 29.1. The maximum absolute atomic E-state index is 12.2. The Balaban J connectivity index is 1.41. The number of nitrogens with one attached hydrogen (secondary N) is 2. The van der Waals surface area contributed by atoms with Gasteiger partial charge in [0.05, 0.1) is 0 Å². The van der Waals surface area contributed by atoms with Crippen molar-refractivity contribution in [3.63, 3.8) is 0 Å². The molecule has 0 atom stereocenters. The van der Waals surface area contributed by atoms with Gasteiger partial charge >= 0.3 is 11.8 Å². The molecule has 6 nitrogen and oxygen atoms in total. The first-order valence-electron chi connectivity index (χ1n) is 10.1. The normalized spacial score (nSPS) is 14.5. The van der Waals surface area contributed by atoms with Gasteiger partial charge in [-0.2, -0.15) is 0 Å². The first-order valence-corrected chi connectivity index (χ1v) is 10.1. The Labute approximate surface area is 172 Å². The van der Waals surface area contributed by atoms with Crippen LogP contribution in [0.15, 0.2) is 42.5 Å². The SMILES string of the molecule is Cc1cc(C)c(NC(=O)C(=O)NCCN2CCN(c3ccccc3)CC2)c(C)c1. The van der Waals surface area contributed by atoms with Crippen molar-refractivity contribution in [2.75, 3.05) is 49.5 Å². The van der Waals surface area contributed by atoms with E-state index in [1.165, 1.54) is 5.69 Å². The van der Waals surface area contributed by atoms with E-state index in [-0.39, 0.29) is 0 Å². The van der Waals surface area contributed by atoms with Gasteiger partial charge in [-0.25, -0.2) is 0 Å². The second-order valence-electron chi connectivity index (χ2n) is 7.65. The van der Waals surface area contributed by atoms with Crippen molar-refractivity contribution in [3.8, 4) is 0 Å². The Morgan fingerprint density at radius 3 is 2.14 bits per heavy atom. The van der Waals surface area contributed by atoms with Crippen LogP contribution in [0.3, 0.4) is 0 Å². The van der Waals surface area contributed by atoms with Gasteiger partial charge < -0.3 is 15.5 Å². The number of piperazine rings is 1. The Morgan fingerprint density at radius 2 is 1.52 bits per heavy atom. The summed E-state index contributed by atoms with van der Waals surface area (Å²) in [7, 11) is 0. The maximum atomic E-state index is 12.2. The number of carbonyl (C=O) groups excluding carboxylic acids is 2. The van der Waals surface area contributed by atoms with Crippen LogP contribution in [0.1, 0.15) is 16.7 Å². The highest BCUT2D eigenvalue weighted by molar-refractivity contribution is 6.39. The number of amides is 2. The number of carbonyl (C=O) groups is 2. The topological polar surface area (TPSA) is 64.7 Å². The van der Waals surface area contributed by atoms with Crippen molar-refractivity contribution < 1.29 is 9.59 Å². The van der Waals surface area contributed by atoms with Gasteiger partial charge in [-0.05, 0) is 44.0 Å². The number of nitrogens with zero attached hydrogens (tertiary/aromatic N) is 2. The number of aryl methyl sites for hydroxylation is 3. The van der Waals surface area contributed by atoms with Crippen LogP contribution in [0.4, 0.5) is 11.4 Å². The molecular formula is C23H30N4O2. The maximum Gasteiger partial charge on any atom is 0.313 e. The van der Waals surface area contributed by atoms with Crippen LogP contribution < -0.4 is 15.5 Å². The minimum atomic E-state index is -0.617. The lowest BCUT2D eigenvalue weighted by atomic mass is 10.1.